The lowest BCUT2D eigenvalue weighted by Gasteiger charge is -2.26. The second-order valence-electron chi connectivity index (χ2n) is 7.23. The van der Waals surface area contributed by atoms with Gasteiger partial charge in [0.2, 0.25) is 0 Å². The zero-order valence-corrected chi connectivity index (χ0v) is 17.6. The summed E-state index contributed by atoms with van der Waals surface area (Å²) in [7, 11) is 5.19. The van der Waals surface area contributed by atoms with Crippen molar-refractivity contribution in [3.05, 3.63) is 53.6 Å². The molecule has 1 amide bonds. The second kappa shape index (κ2) is 8.87. The van der Waals surface area contributed by atoms with Crippen molar-refractivity contribution in [2.24, 2.45) is 0 Å². The minimum absolute atomic E-state index is 0.247. The average Bonchev–Trinajstić information content (AvgIpc) is 2.80. The van der Waals surface area contributed by atoms with Crippen molar-refractivity contribution in [1.29, 1.82) is 0 Å². The highest BCUT2D eigenvalue weighted by atomic mass is 32.2. The maximum Gasteiger partial charge on any atom is 0.416 e. The summed E-state index contributed by atoms with van der Waals surface area (Å²) < 4.78 is 45.1. The number of fused-ring (bicyclic) bond motifs is 1. The number of methoxy groups -OCH3 is 1. The van der Waals surface area contributed by atoms with Crippen molar-refractivity contribution in [3.63, 3.8) is 0 Å². The molecule has 2 aromatic carbocycles. The zero-order valence-electron chi connectivity index (χ0n) is 16.8. The van der Waals surface area contributed by atoms with Crippen molar-refractivity contribution in [2.75, 3.05) is 39.2 Å². The molecule has 30 heavy (non-hydrogen) atoms. The van der Waals surface area contributed by atoms with E-state index in [-0.39, 0.29) is 6.54 Å². The summed E-state index contributed by atoms with van der Waals surface area (Å²) in [5.41, 5.74) is 0.202. The first-order valence-corrected chi connectivity index (χ1v) is 10.2. The van der Waals surface area contributed by atoms with Gasteiger partial charge < -0.3 is 19.6 Å². The molecule has 0 fully saturated rings. The SMILES string of the molecule is COc1ccc([C@H]2Sc3cc(C(F)(F)F)ccc3N(CCN(C)C)C(=O)[C@H]2O)cc1. The van der Waals surface area contributed by atoms with E-state index in [1.54, 1.807) is 24.3 Å². The van der Waals surface area contributed by atoms with Gasteiger partial charge in [0.1, 0.15) is 11.9 Å². The van der Waals surface area contributed by atoms with Crippen LogP contribution in [-0.2, 0) is 11.0 Å². The topological polar surface area (TPSA) is 53.0 Å². The van der Waals surface area contributed by atoms with Crippen LogP contribution in [0, 0.1) is 0 Å². The van der Waals surface area contributed by atoms with Crippen LogP contribution in [0.4, 0.5) is 18.9 Å². The lowest BCUT2D eigenvalue weighted by molar-refractivity contribution is -0.137. The van der Waals surface area contributed by atoms with Crippen LogP contribution in [0.2, 0.25) is 0 Å². The van der Waals surface area contributed by atoms with Crippen molar-refractivity contribution in [1.82, 2.24) is 4.90 Å². The number of benzene rings is 2. The summed E-state index contributed by atoms with van der Waals surface area (Å²) in [6, 6.07) is 10.1. The van der Waals surface area contributed by atoms with Crippen LogP contribution in [0.25, 0.3) is 0 Å². The molecule has 0 saturated carbocycles. The first kappa shape index (κ1) is 22.5. The number of hydrogen-bond donors (Lipinski definition) is 1. The van der Waals surface area contributed by atoms with Crippen LogP contribution in [0.1, 0.15) is 16.4 Å². The number of aliphatic hydroxyl groups is 1. The molecule has 1 aliphatic rings. The fourth-order valence-corrected chi connectivity index (χ4v) is 4.50. The summed E-state index contributed by atoms with van der Waals surface area (Å²) in [5.74, 6) is 0.0641. The molecule has 162 valence electrons. The maximum absolute atomic E-state index is 13.3. The lowest BCUT2D eigenvalue weighted by atomic mass is 10.1. The molecule has 0 aromatic heterocycles. The Hall–Kier alpha value is -2.23. The first-order chi connectivity index (χ1) is 14.1. The Balaban J connectivity index is 2.07. The number of carbonyl (C=O) groups excluding carboxylic acids is 1. The Labute approximate surface area is 177 Å². The molecule has 2 atom stereocenters. The van der Waals surface area contributed by atoms with Crippen LogP contribution >= 0.6 is 11.8 Å². The van der Waals surface area contributed by atoms with Crippen molar-refractivity contribution < 1.29 is 27.8 Å². The Bertz CT molecular complexity index is 903. The fraction of sp³-hybridized carbons (Fsp3) is 0.381. The lowest BCUT2D eigenvalue weighted by Crippen LogP contribution is -2.43. The maximum atomic E-state index is 13.3. The van der Waals surface area contributed by atoms with Gasteiger partial charge in [0, 0.05) is 18.0 Å². The van der Waals surface area contributed by atoms with E-state index in [0.717, 1.165) is 23.9 Å². The third-order valence-corrected chi connectivity index (χ3v) is 6.22. The summed E-state index contributed by atoms with van der Waals surface area (Å²) in [5, 5.41) is 10.1. The van der Waals surface area contributed by atoms with E-state index in [2.05, 4.69) is 0 Å². The Kier molecular flexibility index (Phi) is 6.64. The molecule has 1 aliphatic heterocycles. The van der Waals surface area contributed by atoms with Crippen LogP contribution in [0.15, 0.2) is 47.4 Å². The number of alkyl halides is 3. The second-order valence-corrected chi connectivity index (χ2v) is 8.41. The number of nitrogens with zero attached hydrogens (tertiary/aromatic N) is 2. The number of amides is 1. The molecule has 1 heterocycles. The van der Waals surface area contributed by atoms with Gasteiger partial charge in [-0.05, 0) is 50.0 Å². The highest BCUT2D eigenvalue weighted by molar-refractivity contribution is 7.99. The number of likely N-dealkylation sites (N-methyl/N-ethyl adjacent to an activating group) is 1. The average molecular weight is 440 g/mol. The Morgan fingerprint density at radius 2 is 1.83 bits per heavy atom. The number of anilines is 1. The molecule has 2 aromatic rings. The number of halogens is 3. The quantitative estimate of drug-likeness (QED) is 0.766. The van der Waals surface area contributed by atoms with Gasteiger partial charge >= 0.3 is 6.18 Å². The predicted octanol–water partition coefficient (Wildman–Crippen LogP) is 3.82. The van der Waals surface area contributed by atoms with Crippen LogP contribution < -0.4 is 9.64 Å². The van der Waals surface area contributed by atoms with E-state index in [9.17, 15) is 23.1 Å². The normalized spacial score (nSPS) is 19.6. The summed E-state index contributed by atoms with van der Waals surface area (Å²) in [6.07, 6.45) is -5.92. The predicted molar refractivity (Wildman–Crippen MR) is 110 cm³/mol. The highest BCUT2D eigenvalue weighted by Gasteiger charge is 2.39. The van der Waals surface area contributed by atoms with Crippen molar-refractivity contribution in [2.45, 2.75) is 22.4 Å². The number of aliphatic hydroxyl groups excluding tert-OH is 1. The van der Waals surface area contributed by atoms with Gasteiger partial charge in [0.05, 0.1) is 23.6 Å². The van der Waals surface area contributed by atoms with E-state index in [1.165, 1.54) is 18.1 Å². The van der Waals surface area contributed by atoms with Crippen molar-refractivity contribution >= 4 is 23.4 Å². The standard InChI is InChI=1S/C21H23F3N2O3S/c1-25(2)10-11-26-16-9-6-14(21(22,23)24)12-17(16)30-19(18(27)20(26)28)13-4-7-15(29-3)8-5-13/h4-9,12,18-19,27H,10-11H2,1-3H3/t18-,19+/m0/s1. The number of carbonyl (C=O) groups is 1. The minimum atomic E-state index is -4.51. The number of rotatable bonds is 5. The molecule has 0 spiro atoms. The Morgan fingerprint density at radius 3 is 2.40 bits per heavy atom. The van der Waals surface area contributed by atoms with Crippen LogP contribution in [-0.4, -0.2) is 56.3 Å². The summed E-state index contributed by atoms with van der Waals surface area (Å²) in [4.78, 5) is 16.6. The van der Waals surface area contributed by atoms with Gasteiger partial charge in [0.25, 0.3) is 5.91 Å². The van der Waals surface area contributed by atoms with Crippen molar-refractivity contribution in [3.8, 4) is 5.75 Å². The molecule has 9 heteroatoms. The van der Waals surface area contributed by atoms with E-state index in [4.69, 9.17) is 4.74 Å². The van der Waals surface area contributed by atoms with E-state index in [0.29, 0.717) is 28.4 Å². The first-order valence-electron chi connectivity index (χ1n) is 9.28. The largest absolute Gasteiger partial charge is 0.497 e. The van der Waals surface area contributed by atoms with Crippen LogP contribution in [0.3, 0.4) is 0 Å². The van der Waals surface area contributed by atoms with Crippen LogP contribution in [0.5, 0.6) is 5.75 Å². The molecule has 0 aliphatic carbocycles. The van der Waals surface area contributed by atoms with Gasteiger partial charge in [0.15, 0.2) is 0 Å². The van der Waals surface area contributed by atoms with Gasteiger partial charge in [-0.2, -0.15) is 13.2 Å². The van der Waals surface area contributed by atoms with Gasteiger partial charge in [-0.1, -0.05) is 12.1 Å². The van der Waals surface area contributed by atoms with E-state index in [1.807, 2.05) is 19.0 Å². The molecule has 1 N–H and O–H groups in total. The summed E-state index contributed by atoms with van der Waals surface area (Å²) >= 11 is 1.06. The molecule has 0 radical (unpaired) electrons. The third kappa shape index (κ3) is 4.74. The highest BCUT2D eigenvalue weighted by Crippen LogP contribution is 2.47. The van der Waals surface area contributed by atoms with E-state index < -0.39 is 29.0 Å². The summed E-state index contributed by atoms with van der Waals surface area (Å²) in [6.45, 7) is 0.744. The van der Waals surface area contributed by atoms with Gasteiger partial charge in [-0.3, -0.25) is 4.79 Å². The van der Waals surface area contributed by atoms with Gasteiger partial charge in [-0.25, -0.2) is 0 Å². The molecule has 0 bridgehead atoms. The smallest absolute Gasteiger partial charge is 0.416 e. The molecule has 0 unspecified atom stereocenters. The molecule has 5 nitrogen and oxygen atoms in total. The monoisotopic (exact) mass is 440 g/mol. The molecule has 3 rings (SSSR count). The van der Waals surface area contributed by atoms with E-state index >= 15 is 0 Å². The fourth-order valence-electron chi connectivity index (χ4n) is 3.19. The zero-order chi connectivity index (χ0) is 22.1. The molecule has 0 saturated heterocycles. The minimum Gasteiger partial charge on any atom is -0.497 e. The molecular formula is C21H23F3N2O3S. The van der Waals surface area contributed by atoms with Gasteiger partial charge in [-0.15, -0.1) is 11.8 Å². The third-order valence-electron chi connectivity index (χ3n) is 4.85. The molecular weight excluding hydrogens is 417 g/mol. The Morgan fingerprint density at radius 1 is 1.17 bits per heavy atom. The number of ether oxygens (including phenoxy) is 1. The number of hydrogen-bond acceptors (Lipinski definition) is 5. The number of thioether (sulfide) groups is 1.